The number of hydrogen-bond acceptors (Lipinski definition) is 4. The monoisotopic (exact) mass is 205 g/mol. The predicted octanol–water partition coefficient (Wildman–Crippen LogP) is 0.512. The summed E-state index contributed by atoms with van der Waals surface area (Å²) in [6.45, 7) is -0.267. The smallest absolute Gasteiger partial charge is 0.120 e. The van der Waals surface area contributed by atoms with Gasteiger partial charge in [0.05, 0.1) is 12.6 Å². The van der Waals surface area contributed by atoms with Crippen LogP contribution in [-0.4, -0.2) is 21.9 Å². The van der Waals surface area contributed by atoms with Crippen LogP contribution < -0.4 is 5.73 Å². The molecule has 0 aromatic heterocycles. The molecule has 0 bridgehead atoms. The van der Waals surface area contributed by atoms with Crippen molar-refractivity contribution in [1.82, 2.24) is 0 Å². The van der Waals surface area contributed by atoms with E-state index in [1.165, 1.54) is 18.2 Å². The van der Waals surface area contributed by atoms with E-state index in [0.29, 0.717) is 5.56 Å². The summed E-state index contributed by atoms with van der Waals surface area (Å²) in [5.74, 6) is 0.000972. The number of phenolic OH excluding ortho intramolecular Hbond substituents is 2. The van der Waals surface area contributed by atoms with Crippen molar-refractivity contribution in [3.63, 3.8) is 0 Å². The van der Waals surface area contributed by atoms with Crippen molar-refractivity contribution in [3.8, 4) is 11.5 Å². The minimum Gasteiger partial charge on any atom is -0.508 e. The molecule has 1 rings (SSSR count). The summed E-state index contributed by atoms with van der Waals surface area (Å²) in [5, 5.41) is 27.0. The molecule has 4 nitrogen and oxygen atoms in total. The van der Waals surface area contributed by atoms with Gasteiger partial charge in [0.1, 0.15) is 11.5 Å². The fourth-order valence-electron chi connectivity index (χ4n) is 0.937. The lowest BCUT2D eigenvalue weighted by Gasteiger charge is -2.10. The van der Waals surface area contributed by atoms with Gasteiger partial charge in [-0.1, -0.05) is 0 Å². The van der Waals surface area contributed by atoms with Crippen molar-refractivity contribution in [2.45, 2.75) is 6.04 Å². The lowest BCUT2D eigenvalue weighted by Crippen LogP contribution is -2.14. The van der Waals surface area contributed by atoms with Gasteiger partial charge in [0.2, 0.25) is 0 Å². The van der Waals surface area contributed by atoms with E-state index in [1.54, 1.807) is 0 Å². The van der Waals surface area contributed by atoms with Gasteiger partial charge in [-0.3, -0.25) is 0 Å². The summed E-state index contributed by atoms with van der Waals surface area (Å²) in [5.41, 5.74) is 5.79. The van der Waals surface area contributed by atoms with Gasteiger partial charge >= 0.3 is 0 Å². The second-order valence-electron chi connectivity index (χ2n) is 2.53. The Hall–Kier alpha value is -0.970. The molecule has 0 amide bonds. The summed E-state index contributed by atoms with van der Waals surface area (Å²) >= 11 is 0. The Bertz CT molecular complexity index is 280. The first-order valence-corrected chi connectivity index (χ1v) is 3.53. The zero-order chi connectivity index (χ0) is 9.14. The minimum atomic E-state index is -0.655. The number of nitrogens with two attached hydrogens (primary N) is 1. The molecule has 0 heterocycles. The van der Waals surface area contributed by atoms with Crippen molar-refractivity contribution in [2.24, 2.45) is 5.73 Å². The van der Waals surface area contributed by atoms with E-state index >= 15 is 0 Å². The molecule has 0 aliphatic carbocycles. The molecule has 1 atom stereocenters. The van der Waals surface area contributed by atoms with Gasteiger partial charge in [0.25, 0.3) is 0 Å². The number of phenols is 2. The van der Waals surface area contributed by atoms with E-state index in [4.69, 9.17) is 15.9 Å². The van der Waals surface area contributed by atoms with Crippen LogP contribution in [-0.2, 0) is 0 Å². The number of rotatable bonds is 2. The van der Waals surface area contributed by atoms with Gasteiger partial charge in [-0.2, -0.15) is 0 Å². The average Bonchev–Trinajstić information content (AvgIpc) is 2.08. The molecule has 5 N–H and O–H groups in total. The summed E-state index contributed by atoms with van der Waals surface area (Å²) in [4.78, 5) is 0. The molecule has 0 radical (unpaired) electrons. The Morgan fingerprint density at radius 1 is 1.31 bits per heavy atom. The van der Waals surface area contributed by atoms with Gasteiger partial charge in [-0.05, 0) is 18.2 Å². The first kappa shape index (κ1) is 12.0. The lowest BCUT2D eigenvalue weighted by molar-refractivity contribution is 0.265. The van der Waals surface area contributed by atoms with Crippen LogP contribution in [0.15, 0.2) is 18.2 Å². The Morgan fingerprint density at radius 2 is 1.92 bits per heavy atom. The van der Waals surface area contributed by atoms with E-state index < -0.39 is 6.04 Å². The van der Waals surface area contributed by atoms with Crippen LogP contribution in [0, 0.1) is 0 Å². The van der Waals surface area contributed by atoms with Gasteiger partial charge < -0.3 is 21.1 Å². The van der Waals surface area contributed by atoms with Crippen molar-refractivity contribution >= 4 is 12.4 Å². The molecule has 0 spiro atoms. The third-order valence-electron chi connectivity index (χ3n) is 1.61. The van der Waals surface area contributed by atoms with Crippen molar-refractivity contribution < 1.29 is 15.3 Å². The highest BCUT2D eigenvalue weighted by Gasteiger charge is 2.09. The number of halogens is 1. The molecule has 74 valence electrons. The van der Waals surface area contributed by atoms with Crippen LogP contribution in [0.2, 0.25) is 0 Å². The van der Waals surface area contributed by atoms with Gasteiger partial charge in [-0.15, -0.1) is 12.4 Å². The summed E-state index contributed by atoms with van der Waals surface area (Å²) in [7, 11) is 0. The number of benzene rings is 1. The van der Waals surface area contributed by atoms with Crippen LogP contribution in [0.4, 0.5) is 0 Å². The van der Waals surface area contributed by atoms with Crippen LogP contribution in [0.3, 0.4) is 0 Å². The van der Waals surface area contributed by atoms with E-state index in [0.717, 1.165) is 0 Å². The van der Waals surface area contributed by atoms with E-state index in [-0.39, 0.29) is 30.5 Å². The lowest BCUT2D eigenvalue weighted by atomic mass is 10.1. The fraction of sp³-hybridized carbons (Fsp3) is 0.250. The minimum absolute atomic E-state index is 0. The van der Waals surface area contributed by atoms with Crippen LogP contribution >= 0.6 is 12.4 Å². The van der Waals surface area contributed by atoms with Gasteiger partial charge in [0.15, 0.2) is 0 Å². The van der Waals surface area contributed by atoms with Crippen molar-refractivity contribution in [3.05, 3.63) is 23.8 Å². The molecule has 5 heteroatoms. The van der Waals surface area contributed by atoms with E-state index in [2.05, 4.69) is 0 Å². The van der Waals surface area contributed by atoms with Crippen LogP contribution in [0.25, 0.3) is 0 Å². The Morgan fingerprint density at radius 3 is 2.46 bits per heavy atom. The van der Waals surface area contributed by atoms with Crippen molar-refractivity contribution in [2.75, 3.05) is 6.61 Å². The highest BCUT2D eigenvalue weighted by atomic mass is 35.5. The molecule has 1 aromatic carbocycles. The number of aliphatic hydroxyl groups excluding tert-OH is 1. The van der Waals surface area contributed by atoms with Gasteiger partial charge in [-0.25, -0.2) is 0 Å². The maximum absolute atomic E-state index is 9.23. The first-order valence-electron chi connectivity index (χ1n) is 3.53. The topological polar surface area (TPSA) is 86.7 Å². The SMILES string of the molecule is Cl.N[C@H](CO)c1cc(O)ccc1O. The van der Waals surface area contributed by atoms with E-state index in [9.17, 15) is 5.11 Å². The molecule has 1 aromatic rings. The molecule has 0 unspecified atom stereocenters. The molecule has 0 aliphatic rings. The summed E-state index contributed by atoms with van der Waals surface area (Å²) < 4.78 is 0. The number of aromatic hydroxyl groups is 2. The van der Waals surface area contributed by atoms with Crippen LogP contribution in [0.5, 0.6) is 11.5 Å². The highest BCUT2D eigenvalue weighted by molar-refractivity contribution is 5.85. The van der Waals surface area contributed by atoms with Crippen LogP contribution in [0.1, 0.15) is 11.6 Å². The molecule has 0 aliphatic heterocycles. The Kier molecular flexibility index (Phi) is 4.55. The van der Waals surface area contributed by atoms with E-state index in [1.807, 2.05) is 0 Å². The standard InChI is InChI=1S/C8H11NO3.ClH/c9-7(4-10)6-3-5(11)1-2-8(6)12;/h1-3,7,10-12H,4,9H2;1H/t7-;/m1./s1. The molecule has 13 heavy (non-hydrogen) atoms. The zero-order valence-electron chi connectivity index (χ0n) is 6.84. The normalized spacial score (nSPS) is 11.8. The third-order valence-corrected chi connectivity index (χ3v) is 1.61. The second kappa shape index (κ2) is 4.91. The number of hydrogen-bond donors (Lipinski definition) is 4. The Labute approximate surface area is 82.0 Å². The molecular formula is C8H12ClNO3. The average molecular weight is 206 g/mol. The molecule has 0 fully saturated rings. The first-order chi connectivity index (χ1) is 5.65. The number of aliphatic hydroxyl groups is 1. The molecule has 0 saturated carbocycles. The fourth-order valence-corrected chi connectivity index (χ4v) is 0.937. The highest BCUT2D eigenvalue weighted by Crippen LogP contribution is 2.26. The third kappa shape index (κ3) is 2.77. The summed E-state index contributed by atoms with van der Waals surface area (Å²) in [6, 6.07) is 3.36. The molecular weight excluding hydrogens is 194 g/mol. The maximum Gasteiger partial charge on any atom is 0.120 e. The quantitative estimate of drug-likeness (QED) is 0.530. The summed E-state index contributed by atoms with van der Waals surface area (Å²) in [6.07, 6.45) is 0. The van der Waals surface area contributed by atoms with Gasteiger partial charge in [0, 0.05) is 5.56 Å². The predicted molar refractivity (Wildman–Crippen MR) is 51.0 cm³/mol. The zero-order valence-corrected chi connectivity index (χ0v) is 7.66. The maximum atomic E-state index is 9.23. The Balaban J connectivity index is 0.00000144. The second-order valence-corrected chi connectivity index (χ2v) is 2.53. The largest absolute Gasteiger partial charge is 0.508 e. The van der Waals surface area contributed by atoms with Crippen molar-refractivity contribution in [1.29, 1.82) is 0 Å². The molecule has 0 saturated heterocycles.